The maximum atomic E-state index is 13.6. The van der Waals surface area contributed by atoms with Crippen molar-refractivity contribution >= 4 is 21.6 Å². The minimum absolute atomic E-state index is 0.209. The van der Waals surface area contributed by atoms with Crippen molar-refractivity contribution in [1.29, 1.82) is 0 Å². The molecule has 0 radical (unpaired) electrons. The molecule has 0 aliphatic carbocycles. The zero-order chi connectivity index (χ0) is 25.8. The fourth-order valence-electron chi connectivity index (χ4n) is 4.20. The summed E-state index contributed by atoms with van der Waals surface area (Å²) in [7, 11) is -3.68. The third-order valence-corrected chi connectivity index (χ3v) is 9.10. The van der Waals surface area contributed by atoms with E-state index in [1.54, 1.807) is 44.2 Å². The highest BCUT2D eigenvalue weighted by molar-refractivity contribution is 7.92. The number of carbonyl (C=O) groups is 1. The Balaban J connectivity index is 1.75. The number of fused-ring (bicyclic) bond motifs is 1. The second-order valence-electron chi connectivity index (χ2n) is 9.25. The van der Waals surface area contributed by atoms with E-state index in [0.717, 1.165) is 30.8 Å². The van der Waals surface area contributed by atoms with Crippen LogP contribution in [0.2, 0.25) is 0 Å². The van der Waals surface area contributed by atoms with Crippen LogP contribution in [0.1, 0.15) is 44.4 Å². The molecule has 1 heterocycles. The number of allylic oxidation sites excluding steroid dienone is 2. The lowest BCUT2D eigenvalue weighted by Gasteiger charge is -2.26. The van der Waals surface area contributed by atoms with Gasteiger partial charge in [-0.05, 0) is 73.8 Å². The van der Waals surface area contributed by atoms with Crippen molar-refractivity contribution in [2.24, 2.45) is 0 Å². The minimum Gasteiger partial charge on any atom is -0.331 e. The lowest BCUT2D eigenvalue weighted by atomic mass is 9.98. The Morgan fingerprint density at radius 2 is 1.77 bits per heavy atom. The number of benzene rings is 2. The molecule has 0 spiro atoms. The van der Waals surface area contributed by atoms with E-state index in [0.29, 0.717) is 5.69 Å². The summed E-state index contributed by atoms with van der Waals surface area (Å²) in [5.74, 6) is 0. The Morgan fingerprint density at radius 3 is 2.37 bits per heavy atom. The lowest BCUT2D eigenvalue weighted by Crippen LogP contribution is -2.36. The minimum atomic E-state index is -3.68. The third kappa shape index (κ3) is 5.57. The van der Waals surface area contributed by atoms with E-state index in [9.17, 15) is 13.2 Å². The third-order valence-electron chi connectivity index (χ3n) is 6.62. The van der Waals surface area contributed by atoms with E-state index in [4.69, 9.17) is 0 Å². The van der Waals surface area contributed by atoms with Crippen LogP contribution in [-0.2, 0) is 27.7 Å². The quantitative estimate of drug-likeness (QED) is 0.450. The van der Waals surface area contributed by atoms with Crippen LogP contribution in [0.25, 0.3) is 0 Å². The van der Waals surface area contributed by atoms with Gasteiger partial charge in [-0.25, -0.2) is 13.2 Å². The van der Waals surface area contributed by atoms with Crippen LogP contribution in [0, 0.1) is 0 Å². The molecule has 3 rings (SSSR count). The second-order valence-corrected chi connectivity index (χ2v) is 11.8. The van der Waals surface area contributed by atoms with Crippen LogP contribution in [0.3, 0.4) is 0 Å². The predicted molar refractivity (Wildman–Crippen MR) is 143 cm³/mol. The van der Waals surface area contributed by atoms with Crippen molar-refractivity contribution in [1.82, 2.24) is 10.2 Å². The zero-order valence-electron chi connectivity index (χ0n) is 21.0. The number of anilines is 1. The van der Waals surface area contributed by atoms with Crippen LogP contribution in [0.5, 0.6) is 0 Å². The van der Waals surface area contributed by atoms with Gasteiger partial charge >= 0.3 is 6.03 Å². The highest BCUT2D eigenvalue weighted by Gasteiger charge is 2.38. The molecule has 2 N–H and O–H groups in total. The SMILES string of the molecule is C=C/C=C(\C=C)C(C)NC(=O)Nc1ccc(S(=O)(=O)C(C)(C)c2ccc3c(c2)CN(CC)C3)cc1. The molecule has 186 valence electrons. The van der Waals surface area contributed by atoms with E-state index >= 15 is 0 Å². The van der Waals surface area contributed by atoms with Gasteiger partial charge < -0.3 is 10.6 Å². The Bertz CT molecular complexity index is 1240. The van der Waals surface area contributed by atoms with Gasteiger partial charge in [-0.15, -0.1) is 0 Å². The van der Waals surface area contributed by atoms with E-state index < -0.39 is 20.6 Å². The molecule has 6 nitrogen and oxygen atoms in total. The number of sulfone groups is 1. The van der Waals surface area contributed by atoms with E-state index in [2.05, 4.69) is 35.6 Å². The molecule has 1 unspecified atom stereocenters. The monoisotopic (exact) mass is 493 g/mol. The van der Waals surface area contributed by atoms with Gasteiger partial charge in [0, 0.05) is 18.8 Å². The molecule has 7 heteroatoms. The van der Waals surface area contributed by atoms with Crippen molar-refractivity contribution in [3.63, 3.8) is 0 Å². The molecular formula is C28H35N3O3S. The van der Waals surface area contributed by atoms with Crippen molar-refractivity contribution < 1.29 is 13.2 Å². The molecule has 0 saturated heterocycles. The van der Waals surface area contributed by atoms with Gasteiger partial charge in [-0.1, -0.05) is 56.5 Å². The highest BCUT2D eigenvalue weighted by Crippen LogP contribution is 2.37. The summed E-state index contributed by atoms with van der Waals surface area (Å²) in [4.78, 5) is 14.9. The standard InChI is InChI=1S/C28H35N3O3S/c1-7-10-21(8-2)20(4)29-27(32)30-25-13-15-26(16-14-25)35(33,34)28(5,6)24-12-11-22-18-31(9-3)19-23(22)17-24/h7-8,10-17,20H,1-2,9,18-19H2,3-6H3,(H2,29,30,32)/b21-10+. The van der Waals surface area contributed by atoms with Gasteiger partial charge in [0.15, 0.2) is 9.84 Å². The largest absolute Gasteiger partial charge is 0.331 e. The first-order valence-electron chi connectivity index (χ1n) is 11.7. The molecule has 1 aliphatic heterocycles. The Morgan fingerprint density at radius 1 is 1.11 bits per heavy atom. The first-order valence-corrected chi connectivity index (χ1v) is 13.2. The Labute approximate surface area is 209 Å². The van der Waals surface area contributed by atoms with Gasteiger partial charge in [0.1, 0.15) is 0 Å². The molecule has 2 amide bonds. The second kappa shape index (κ2) is 10.6. The first-order chi connectivity index (χ1) is 16.5. The van der Waals surface area contributed by atoms with Gasteiger partial charge in [-0.3, -0.25) is 4.90 Å². The van der Waals surface area contributed by atoms with Gasteiger partial charge in [0.05, 0.1) is 15.7 Å². The van der Waals surface area contributed by atoms with Crippen molar-refractivity contribution in [2.45, 2.75) is 56.5 Å². The number of amides is 2. The summed E-state index contributed by atoms with van der Waals surface area (Å²) in [6, 6.07) is 11.6. The predicted octanol–water partition coefficient (Wildman–Crippen LogP) is 5.54. The van der Waals surface area contributed by atoms with Crippen molar-refractivity contribution in [3.05, 3.63) is 96.1 Å². The first kappa shape index (κ1) is 26.4. The molecular weight excluding hydrogens is 458 g/mol. The average molecular weight is 494 g/mol. The van der Waals surface area contributed by atoms with Gasteiger partial charge in [0.2, 0.25) is 0 Å². The maximum Gasteiger partial charge on any atom is 0.319 e. The number of carbonyl (C=O) groups excluding carboxylic acids is 1. The Hall–Kier alpha value is -3.16. The molecule has 2 aromatic rings. The number of nitrogens with zero attached hydrogens (tertiary/aromatic N) is 1. The summed E-state index contributed by atoms with van der Waals surface area (Å²) in [6.07, 6.45) is 5.07. The van der Waals surface area contributed by atoms with Crippen LogP contribution < -0.4 is 10.6 Å². The van der Waals surface area contributed by atoms with Crippen LogP contribution in [-0.4, -0.2) is 31.9 Å². The maximum absolute atomic E-state index is 13.6. The van der Waals surface area contributed by atoms with Gasteiger partial charge in [0.25, 0.3) is 0 Å². The number of urea groups is 1. The van der Waals surface area contributed by atoms with Crippen molar-refractivity contribution in [2.75, 3.05) is 11.9 Å². The Kier molecular flexibility index (Phi) is 8.03. The molecule has 1 aliphatic rings. The summed E-state index contributed by atoms with van der Waals surface area (Å²) < 4.78 is 26.1. The fourth-order valence-corrected chi connectivity index (χ4v) is 5.72. The molecule has 0 fully saturated rings. The number of hydrogen-bond acceptors (Lipinski definition) is 4. The number of hydrogen-bond donors (Lipinski definition) is 2. The van der Waals surface area contributed by atoms with E-state index in [1.807, 2.05) is 25.1 Å². The molecule has 0 saturated carbocycles. The summed E-state index contributed by atoms with van der Waals surface area (Å²) in [5, 5.41) is 5.57. The van der Waals surface area contributed by atoms with Crippen molar-refractivity contribution in [3.8, 4) is 0 Å². The number of nitrogens with one attached hydrogen (secondary N) is 2. The average Bonchev–Trinajstić information content (AvgIpc) is 3.25. The summed E-state index contributed by atoms with van der Waals surface area (Å²) in [5.41, 5.74) is 4.54. The molecule has 2 aromatic carbocycles. The normalized spacial score (nSPS) is 15.3. The topological polar surface area (TPSA) is 78.5 Å². The fraction of sp³-hybridized carbons (Fsp3) is 0.321. The molecule has 35 heavy (non-hydrogen) atoms. The van der Waals surface area contributed by atoms with Crippen LogP contribution >= 0.6 is 0 Å². The van der Waals surface area contributed by atoms with Crippen LogP contribution in [0.15, 0.2) is 84.3 Å². The van der Waals surface area contributed by atoms with E-state index in [-0.39, 0.29) is 10.9 Å². The molecule has 1 atom stereocenters. The lowest BCUT2D eigenvalue weighted by molar-refractivity contribution is 0.250. The molecule has 0 aromatic heterocycles. The molecule has 0 bridgehead atoms. The number of rotatable bonds is 9. The smallest absolute Gasteiger partial charge is 0.319 e. The summed E-state index contributed by atoms with van der Waals surface area (Å²) in [6.45, 7) is 17.6. The van der Waals surface area contributed by atoms with Gasteiger partial charge in [-0.2, -0.15) is 0 Å². The van der Waals surface area contributed by atoms with Crippen LogP contribution in [0.4, 0.5) is 10.5 Å². The van der Waals surface area contributed by atoms with E-state index in [1.165, 1.54) is 23.3 Å². The summed E-state index contributed by atoms with van der Waals surface area (Å²) >= 11 is 0. The zero-order valence-corrected chi connectivity index (χ0v) is 21.8. The highest BCUT2D eigenvalue weighted by atomic mass is 32.2.